The van der Waals surface area contributed by atoms with Crippen molar-refractivity contribution in [2.45, 2.75) is 52.3 Å². The summed E-state index contributed by atoms with van der Waals surface area (Å²) in [5.74, 6) is 1.17. The number of carbonyl (C=O) groups is 1. The minimum Gasteiger partial charge on any atom is -0.444 e. The largest absolute Gasteiger partial charge is 0.444 e. The average Bonchev–Trinajstić information content (AvgIpc) is 3.38. The molecule has 2 fully saturated rings. The van der Waals surface area contributed by atoms with Crippen molar-refractivity contribution < 1.29 is 13.9 Å². The Kier molecular flexibility index (Phi) is 6.73. The molecule has 2 atom stereocenters. The minimum absolute atomic E-state index is 0.251. The van der Waals surface area contributed by atoms with Crippen LogP contribution >= 0.6 is 0 Å². The standard InChI is InChI=1S/C22H34FN5O2/c1-15-12-18(15)26-20(24-5)25-14-16-6-7-19(17(23)13-16)27-8-10-28(11-9-27)21(29)30-22(2,3)4/h6-7,13,15,18H,8-12,14H2,1-5H3,(H2,24,25,26). The van der Waals surface area contributed by atoms with Gasteiger partial charge in [-0.25, -0.2) is 9.18 Å². The smallest absolute Gasteiger partial charge is 0.410 e. The Bertz CT molecular complexity index is 784. The first-order valence-electron chi connectivity index (χ1n) is 10.6. The summed E-state index contributed by atoms with van der Waals surface area (Å²) in [7, 11) is 1.74. The third kappa shape index (κ3) is 6.00. The van der Waals surface area contributed by atoms with Crippen LogP contribution in [0, 0.1) is 11.7 Å². The molecule has 1 aromatic carbocycles. The molecule has 0 bridgehead atoms. The maximum absolute atomic E-state index is 14.8. The molecule has 2 unspecified atom stereocenters. The van der Waals surface area contributed by atoms with Crippen LogP contribution in [0.2, 0.25) is 0 Å². The molecule has 1 aromatic rings. The molecule has 8 heteroatoms. The Morgan fingerprint density at radius 2 is 1.93 bits per heavy atom. The molecular weight excluding hydrogens is 385 g/mol. The highest BCUT2D eigenvalue weighted by atomic mass is 19.1. The van der Waals surface area contributed by atoms with Crippen LogP contribution in [-0.2, 0) is 11.3 Å². The zero-order chi connectivity index (χ0) is 21.9. The topological polar surface area (TPSA) is 69.2 Å². The summed E-state index contributed by atoms with van der Waals surface area (Å²) in [6.45, 7) is 10.4. The van der Waals surface area contributed by atoms with E-state index in [0.29, 0.717) is 50.4 Å². The van der Waals surface area contributed by atoms with Crippen LogP contribution in [0.15, 0.2) is 23.2 Å². The van der Waals surface area contributed by atoms with Crippen molar-refractivity contribution in [2.75, 3.05) is 38.1 Å². The predicted molar refractivity (Wildman–Crippen MR) is 117 cm³/mol. The van der Waals surface area contributed by atoms with Crippen molar-refractivity contribution in [3.05, 3.63) is 29.6 Å². The van der Waals surface area contributed by atoms with Gasteiger partial charge in [0, 0.05) is 45.8 Å². The number of halogens is 1. The van der Waals surface area contributed by atoms with Gasteiger partial charge < -0.3 is 25.2 Å². The van der Waals surface area contributed by atoms with Crippen molar-refractivity contribution in [1.82, 2.24) is 15.5 Å². The van der Waals surface area contributed by atoms with E-state index >= 15 is 0 Å². The molecule has 2 aliphatic rings. The Labute approximate surface area is 178 Å². The molecule has 7 nitrogen and oxygen atoms in total. The SMILES string of the molecule is CN=C(NCc1ccc(N2CCN(C(=O)OC(C)(C)C)CC2)c(F)c1)NC1CC1C. The fourth-order valence-electron chi connectivity index (χ4n) is 3.45. The number of nitrogens with one attached hydrogen (secondary N) is 2. The van der Waals surface area contributed by atoms with Crippen LogP contribution < -0.4 is 15.5 Å². The van der Waals surface area contributed by atoms with Crippen molar-refractivity contribution in [1.29, 1.82) is 0 Å². The van der Waals surface area contributed by atoms with E-state index in [0.717, 1.165) is 17.9 Å². The van der Waals surface area contributed by atoms with Crippen molar-refractivity contribution >= 4 is 17.7 Å². The molecule has 1 aliphatic heterocycles. The lowest BCUT2D eigenvalue weighted by Crippen LogP contribution is -2.50. The third-order valence-electron chi connectivity index (χ3n) is 5.40. The molecule has 0 radical (unpaired) electrons. The van der Waals surface area contributed by atoms with E-state index in [1.54, 1.807) is 18.0 Å². The minimum atomic E-state index is -0.515. The third-order valence-corrected chi connectivity index (χ3v) is 5.40. The number of hydrogen-bond donors (Lipinski definition) is 2. The highest BCUT2D eigenvalue weighted by Crippen LogP contribution is 2.28. The van der Waals surface area contributed by atoms with E-state index < -0.39 is 5.60 Å². The van der Waals surface area contributed by atoms with Crippen LogP contribution in [-0.4, -0.2) is 61.8 Å². The predicted octanol–water partition coefficient (Wildman–Crippen LogP) is 2.96. The second-order valence-electron chi connectivity index (χ2n) is 9.13. The second kappa shape index (κ2) is 9.10. The molecule has 1 aliphatic carbocycles. The van der Waals surface area contributed by atoms with Gasteiger partial charge in [0.15, 0.2) is 5.96 Å². The monoisotopic (exact) mass is 419 g/mol. The van der Waals surface area contributed by atoms with Crippen LogP contribution in [0.5, 0.6) is 0 Å². The van der Waals surface area contributed by atoms with Gasteiger partial charge in [0.05, 0.1) is 5.69 Å². The second-order valence-corrected chi connectivity index (χ2v) is 9.13. The summed E-state index contributed by atoms with van der Waals surface area (Å²) in [6, 6.07) is 5.79. The van der Waals surface area contributed by atoms with Gasteiger partial charge in [-0.15, -0.1) is 0 Å². The number of amides is 1. The molecule has 0 spiro atoms. The highest BCUT2D eigenvalue weighted by molar-refractivity contribution is 5.80. The van der Waals surface area contributed by atoms with Crippen LogP contribution in [0.3, 0.4) is 0 Å². The van der Waals surface area contributed by atoms with Crippen LogP contribution in [0.4, 0.5) is 14.9 Å². The van der Waals surface area contributed by atoms with Gasteiger partial charge in [-0.3, -0.25) is 4.99 Å². The molecule has 1 saturated heterocycles. The van der Waals surface area contributed by atoms with Crippen LogP contribution in [0.1, 0.15) is 39.7 Å². The first-order valence-corrected chi connectivity index (χ1v) is 10.6. The summed E-state index contributed by atoms with van der Waals surface area (Å²) in [5.41, 5.74) is 0.909. The van der Waals surface area contributed by atoms with Crippen LogP contribution in [0.25, 0.3) is 0 Å². The number of guanidine groups is 1. The van der Waals surface area contributed by atoms with Gasteiger partial charge in [-0.2, -0.15) is 0 Å². The van der Waals surface area contributed by atoms with Crippen molar-refractivity contribution in [2.24, 2.45) is 10.9 Å². The molecule has 3 rings (SSSR count). The fourth-order valence-corrected chi connectivity index (χ4v) is 3.45. The van der Waals surface area contributed by atoms with Crippen molar-refractivity contribution in [3.63, 3.8) is 0 Å². The summed E-state index contributed by atoms with van der Waals surface area (Å²) >= 11 is 0. The van der Waals surface area contributed by atoms with E-state index in [1.807, 2.05) is 37.8 Å². The van der Waals surface area contributed by atoms with E-state index in [4.69, 9.17) is 4.74 Å². The molecule has 166 valence electrons. The molecule has 2 N–H and O–H groups in total. The lowest BCUT2D eigenvalue weighted by Gasteiger charge is -2.36. The molecule has 1 heterocycles. The Morgan fingerprint density at radius 1 is 1.27 bits per heavy atom. The summed E-state index contributed by atoms with van der Waals surface area (Å²) in [5, 5.41) is 6.60. The molecular formula is C22H34FN5O2. The first-order chi connectivity index (χ1) is 14.2. The summed E-state index contributed by atoms with van der Waals surface area (Å²) < 4.78 is 20.2. The number of nitrogens with zero attached hydrogens (tertiary/aromatic N) is 3. The number of anilines is 1. The zero-order valence-corrected chi connectivity index (χ0v) is 18.7. The normalized spacial score (nSPS) is 22.0. The number of ether oxygens (including phenoxy) is 1. The number of piperazine rings is 1. The van der Waals surface area contributed by atoms with E-state index in [2.05, 4.69) is 22.5 Å². The first kappa shape index (κ1) is 22.2. The quantitative estimate of drug-likeness (QED) is 0.580. The van der Waals surface area contributed by atoms with Gasteiger partial charge in [0.25, 0.3) is 0 Å². The number of aliphatic imine (C=N–C) groups is 1. The van der Waals surface area contributed by atoms with Gasteiger partial charge in [0.1, 0.15) is 11.4 Å². The number of carbonyl (C=O) groups excluding carboxylic acids is 1. The molecule has 30 heavy (non-hydrogen) atoms. The Morgan fingerprint density at radius 3 is 2.47 bits per heavy atom. The van der Waals surface area contributed by atoms with E-state index in [9.17, 15) is 9.18 Å². The van der Waals surface area contributed by atoms with Crippen molar-refractivity contribution in [3.8, 4) is 0 Å². The highest BCUT2D eigenvalue weighted by Gasteiger charge is 2.33. The molecule has 1 saturated carbocycles. The van der Waals surface area contributed by atoms with E-state index in [-0.39, 0.29) is 11.9 Å². The van der Waals surface area contributed by atoms with E-state index in [1.165, 1.54) is 0 Å². The zero-order valence-electron chi connectivity index (χ0n) is 18.7. The fraction of sp³-hybridized carbons (Fsp3) is 0.636. The maximum Gasteiger partial charge on any atom is 0.410 e. The number of benzene rings is 1. The lowest BCUT2D eigenvalue weighted by atomic mass is 10.1. The summed E-state index contributed by atoms with van der Waals surface area (Å²) in [4.78, 5) is 20.1. The maximum atomic E-state index is 14.8. The van der Waals surface area contributed by atoms with Gasteiger partial charge in [-0.1, -0.05) is 13.0 Å². The molecule has 0 aromatic heterocycles. The number of hydrogen-bond acceptors (Lipinski definition) is 4. The van der Waals surface area contributed by atoms with Gasteiger partial charge in [0.2, 0.25) is 0 Å². The summed E-state index contributed by atoms with van der Waals surface area (Å²) in [6.07, 6.45) is 0.845. The lowest BCUT2D eigenvalue weighted by molar-refractivity contribution is 0.0240. The Hall–Kier alpha value is -2.51. The van der Waals surface area contributed by atoms with Gasteiger partial charge in [-0.05, 0) is 50.8 Å². The number of rotatable bonds is 4. The molecule has 1 amide bonds. The Balaban J connectivity index is 1.51. The van der Waals surface area contributed by atoms with Gasteiger partial charge >= 0.3 is 6.09 Å². The average molecular weight is 420 g/mol.